The van der Waals surface area contributed by atoms with E-state index < -0.39 is 5.97 Å². The second-order valence-electron chi connectivity index (χ2n) is 5.87. The molecule has 3 rings (SSSR count). The van der Waals surface area contributed by atoms with Gasteiger partial charge in [0, 0.05) is 12.0 Å². The zero-order valence-corrected chi connectivity index (χ0v) is 15.3. The minimum atomic E-state index is -0.474. The highest BCUT2D eigenvalue weighted by Gasteiger charge is 2.14. The van der Waals surface area contributed by atoms with E-state index in [-0.39, 0.29) is 25.2 Å². The van der Waals surface area contributed by atoms with Crippen LogP contribution >= 0.6 is 11.3 Å². The van der Waals surface area contributed by atoms with Gasteiger partial charge in [0.05, 0.1) is 11.3 Å². The molecule has 0 N–H and O–H groups in total. The summed E-state index contributed by atoms with van der Waals surface area (Å²) in [6.45, 7) is 3.64. The van der Waals surface area contributed by atoms with Gasteiger partial charge in [0.15, 0.2) is 12.4 Å². The smallest absolute Gasteiger partial charge is 0.306 e. The molecule has 0 unspecified atom stereocenters. The number of benzene rings is 1. The number of hydrogen-bond acceptors (Lipinski definition) is 7. The Bertz CT molecular complexity index is 916. The highest BCUT2D eigenvalue weighted by molar-refractivity contribution is 7.13. The van der Waals surface area contributed by atoms with Crippen LogP contribution in [0.1, 0.15) is 33.8 Å². The van der Waals surface area contributed by atoms with Crippen molar-refractivity contribution in [3.05, 3.63) is 58.3 Å². The first kappa shape index (κ1) is 18.0. The van der Waals surface area contributed by atoms with E-state index >= 15 is 0 Å². The lowest BCUT2D eigenvalue weighted by Gasteiger charge is -2.06. The van der Waals surface area contributed by atoms with Crippen LogP contribution in [0, 0.1) is 13.8 Å². The molecule has 0 amide bonds. The van der Waals surface area contributed by atoms with Crippen molar-refractivity contribution in [3.63, 3.8) is 0 Å². The number of Topliss-reactive ketones (excluding diaryl/α,β-unsaturated/α-hetero) is 1. The van der Waals surface area contributed by atoms with E-state index in [4.69, 9.17) is 9.26 Å². The molecular weight excluding hydrogens is 352 g/mol. The van der Waals surface area contributed by atoms with Crippen molar-refractivity contribution in [1.29, 1.82) is 0 Å². The van der Waals surface area contributed by atoms with Crippen LogP contribution in [0.25, 0.3) is 10.7 Å². The third kappa shape index (κ3) is 4.43. The van der Waals surface area contributed by atoms with Gasteiger partial charge in [0.1, 0.15) is 0 Å². The predicted octanol–water partition coefficient (Wildman–Crippen LogP) is 3.77. The molecule has 0 aliphatic heterocycles. The van der Waals surface area contributed by atoms with E-state index in [9.17, 15) is 9.59 Å². The fraction of sp³-hybridized carbons (Fsp3) is 0.263. The van der Waals surface area contributed by atoms with Crippen molar-refractivity contribution < 1.29 is 18.8 Å². The standard InChI is InChI=1S/C19H18N2O4S/c1-12-5-6-14(10-13(12)2)15(22)11-24-18(23)8-7-17-20-19(21-25-17)16-4-3-9-26-16/h3-6,9-10H,7-8,11H2,1-2H3. The van der Waals surface area contributed by atoms with Crippen molar-refractivity contribution >= 4 is 23.1 Å². The van der Waals surface area contributed by atoms with E-state index in [1.165, 1.54) is 11.3 Å². The highest BCUT2D eigenvalue weighted by atomic mass is 32.1. The molecule has 0 spiro atoms. The summed E-state index contributed by atoms with van der Waals surface area (Å²) < 4.78 is 10.2. The number of rotatable bonds is 7. The molecule has 0 saturated carbocycles. The summed E-state index contributed by atoms with van der Waals surface area (Å²) >= 11 is 1.51. The number of thiophene rings is 1. The van der Waals surface area contributed by atoms with Crippen LogP contribution in [-0.2, 0) is 16.0 Å². The number of aryl methyl sites for hydroxylation is 3. The monoisotopic (exact) mass is 370 g/mol. The molecule has 1 aromatic carbocycles. The van der Waals surface area contributed by atoms with Crippen LogP contribution < -0.4 is 0 Å². The van der Waals surface area contributed by atoms with Crippen LogP contribution in [0.3, 0.4) is 0 Å². The Labute approximate surface area is 154 Å². The van der Waals surface area contributed by atoms with Gasteiger partial charge in [-0.05, 0) is 42.5 Å². The largest absolute Gasteiger partial charge is 0.457 e. The van der Waals surface area contributed by atoms with E-state index in [1.807, 2.05) is 37.4 Å². The fourth-order valence-electron chi connectivity index (χ4n) is 2.29. The van der Waals surface area contributed by atoms with Crippen LogP contribution in [0.2, 0.25) is 0 Å². The summed E-state index contributed by atoms with van der Waals surface area (Å²) in [6, 6.07) is 9.22. The van der Waals surface area contributed by atoms with Crippen molar-refractivity contribution in [2.24, 2.45) is 0 Å². The summed E-state index contributed by atoms with van der Waals surface area (Å²) in [6.07, 6.45) is 0.349. The van der Waals surface area contributed by atoms with Crippen molar-refractivity contribution in [2.75, 3.05) is 6.61 Å². The minimum Gasteiger partial charge on any atom is -0.457 e. The average Bonchev–Trinajstić information content (AvgIpc) is 3.31. The van der Waals surface area contributed by atoms with E-state index in [1.54, 1.807) is 12.1 Å². The number of aromatic nitrogens is 2. The first-order chi connectivity index (χ1) is 12.5. The van der Waals surface area contributed by atoms with E-state index in [0.717, 1.165) is 16.0 Å². The molecule has 0 radical (unpaired) electrons. The summed E-state index contributed by atoms with van der Waals surface area (Å²) in [5.41, 5.74) is 2.68. The van der Waals surface area contributed by atoms with Gasteiger partial charge >= 0.3 is 5.97 Å². The zero-order chi connectivity index (χ0) is 18.5. The van der Waals surface area contributed by atoms with Gasteiger partial charge in [-0.2, -0.15) is 4.98 Å². The first-order valence-corrected chi connectivity index (χ1v) is 9.03. The molecule has 0 aliphatic carbocycles. The summed E-state index contributed by atoms with van der Waals surface area (Å²) in [4.78, 5) is 29.1. The molecular formula is C19H18N2O4S. The number of hydrogen-bond donors (Lipinski definition) is 0. The van der Waals surface area contributed by atoms with E-state index in [0.29, 0.717) is 17.3 Å². The van der Waals surface area contributed by atoms with Gasteiger partial charge in [-0.25, -0.2) is 0 Å². The summed E-state index contributed by atoms with van der Waals surface area (Å²) in [5.74, 6) is 0.177. The number of esters is 1. The quantitative estimate of drug-likeness (QED) is 0.465. The number of carbonyl (C=O) groups is 2. The maximum Gasteiger partial charge on any atom is 0.306 e. The highest BCUT2D eigenvalue weighted by Crippen LogP contribution is 2.21. The molecule has 6 nitrogen and oxygen atoms in total. The normalized spacial score (nSPS) is 10.7. The second kappa shape index (κ2) is 8.05. The maximum atomic E-state index is 12.1. The first-order valence-electron chi connectivity index (χ1n) is 8.15. The third-order valence-corrected chi connectivity index (χ3v) is 4.81. The third-order valence-electron chi connectivity index (χ3n) is 3.95. The fourth-order valence-corrected chi connectivity index (χ4v) is 2.94. The molecule has 26 heavy (non-hydrogen) atoms. The van der Waals surface area contributed by atoms with Gasteiger partial charge in [-0.15, -0.1) is 11.3 Å². The molecule has 3 aromatic rings. The number of ether oxygens (including phenoxy) is 1. The van der Waals surface area contributed by atoms with Crippen molar-refractivity contribution in [3.8, 4) is 10.7 Å². The van der Waals surface area contributed by atoms with Gasteiger partial charge in [-0.3, -0.25) is 9.59 Å². The second-order valence-corrected chi connectivity index (χ2v) is 6.82. The predicted molar refractivity (Wildman–Crippen MR) is 97.1 cm³/mol. The maximum absolute atomic E-state index is 12.1. The lowest BCUT2D eigenvalue weighted by molar-refractivity contribution is -0.142. The van der Waals surface area contributed by atoms with Crippen molar-refractivity contribution in [1.82, 2.24) is 10.1 Å². The molecule has 134 valence electrons. The molecule has 2 heterocycles. The van der Waals surface area contributed by atoms with Gasteiger partial charge in [-0.1, -0.05) is 23.4 Å². The number of ketones is 1. The summed E-state index contributed by atoms with van der Waals surface area (Å²) in [7, 11) is 0. The molecule has 0 aliphatic rings. The molecule has 0 saturated heterocycles. The zero-order valence-electron chi connectivity index (χ0n) is 14.5. The van der Waals surface area contributed by atoms with Gasteiger partial charge in [0.25, 0.3) is 0 Å². The topological polar surface area (TPSA) is 82.3 Å². The van der Waals surface area contributed by atoms with E-state index in [2.05, 4.69) is 10.1 Å². The Morgan fingerprint density at radius 1 is 1.19 bits per heavy atom. The molecule has 2 aromatic heterocycles. The van der Waals surface area contributed by atoms with Crippen LogP contribution in [-0.4, -0.2) is 28.5 Å². The SMILES string of the molecule is Cc1ccc(C(=O)COC(=O)CCc2nc(-c3cccs3)no2)cc1C. The Hall–Kier alpha value is -2.80. The molecule has 0 bridgehead atoms. The Balaban J connectivity index is 1.47. The van der Waals surface area contributed by atoms with Crippen LogP contribution in [0.5, 0.6) is 0 Å². The molecule has 0 atom stereocenters. The Morgan fingerprint density at radius 3 is 2.77 bits per heavy atom. The minimum absolute atomic E-state index is 0.0757. The number of carbonyl (C=O) groups excluding carboxylic acids is 2. The number of nitrogens with zero attached hydrogens (tertiary/aromatic N) is 2. The van der Waals surface area contributed by atoms with Gasteiger partial charge < -0.3 is 9.26 Å². The van der Waals surface area contributed by atoms with Gasteiger partial charge in [0.2, 0.25) is 11.7 Å². The van der Waals surface area contributed by atoms with Crippen LogP contribution in [0.4, 0.5) is 0 Å². The summed E-state index contributed by atoms with van der Waals surface area (Å²) in [5, 5.41) is 5.81. The lowest BCUT2D eigenvalue weighted by Crippen LogP contribution is -2.14. The Morgan fingerprint density at radius 2 is 2.04 bits per heavy atom. The average molecular weight is 370 g/mol. The Kier molecular flexibility index (Phi) is 5.58. The molecule has 0 fully saturated rings. The van der Waals surface area contributed by atoms with Crippen molar-refractivity contribution in [2.45, 2.75) is 26.7 Å². The molecule has 7 heteroatoms. The van der Waals surface area contributed by atoms with Crippen LogP contribution in [0.15, 0.2) is 40.2 Å². The lowest BCUT2D eigenvalue weighted by atomic mass is 10.0.